The number of hydrogen-bond donors (Lipinski definition) is 0. The molecule has 3 heterocycles. The number of hydrogen-bond acceptors (Lipinski definition) is 3. The Labute approximate surface area is 346 Å². The van der Waals surface area contributed by atoms with Crippen molar-refractivity contribution in [2.75, 3.05) is 0 Å². The molecule has 12 rings (SSSR count). The van der Waals surface area contributed by atoms with Gasteiger partial charge in [-0.1, -0.05) is 136 Å². The molecule has 0 amide bonds. The second kappa shape index (κ2) is 12.9. The molecule has 5 heteroatoms. The molecule has 60 heavy (non-hydrogen) atoms. The lowest BCUT2D eigenvalue weighted by molar-refractivity contribution is 0.591. The maximum atomic E-state index is 5.22. The zero-order valence-electron chi connectivity index (χ0n) is 33.6. The van der Waals surface area contributed by atoms with Crippen molar-refractivity contribution >= 4 is 75.9 Å². The largest absolute Gasteiger partial charge is 0.309 e. The molecule has 284 valence electrons. The fourth-order valence-electron chi connectivity index (χ4n) is 9.47. The molecule has 0 saturated heterocycles. The average molecular weight is 770 g/mol. The fraction of sp³-hybridized carbons (Fsp3) is 0.0727. The summed E-state index contributed by atoms with van der Waals surface area (Å²) in [6.07, 6.45) is 1.65. The van der Waals surface area contributed by atoms with Crippen molar-refractivity contribution in [2.24, 2.45) is 0 Å². The van der Waals surface area contributed by atoms with Gasteiger partial charge in [0, 0.05) is 32.8 Å². The summed E-state index contributed by atoms with van der Waals surface area (Å²) >= 11 is 0. The van der Waals surface area contributed by atoms with Gasteiger partial charge in [0.05, 0.1) is 22.1 Å². The highest BCUT2D eigenvalue weighted by Crippen LogP contribution is 2.40. The first kappa shape index (κ1) is 34.4. The van der Waals surface area contributed by atoms with Crippen molar-refractivity contribution in [2.45, 2.75) is 26.2 Å². The smallest absolute Gasteiger partial charge is 0.238 e. The normalized spacial score (nSPS) is 12.2. The number of fused-ring (bicyclic) bond motifs is 12. The summed E-state index contributed by atoms with van der Waals surface area (Å²) < 4.78 is 4.57. The monoisotopic (exact) mass is 769 g/mol. The topological polar surface area (TPSA) is 48.5 Å². The summed E-state index contributed by atoms with van der Waals surface area (Å²) in [5.41, 5.74) is 10.2. The van der Waals surface area contributed by atoms with Gasteiger partial charge in [-0.3, -0.25) is 4.57 Å². The SMILES string of the molecule is CC(C)(C)c1ccc2c(c1)c1cc(-c3ccc4c(c3)c3ccccc3n4-c3ccccc3)ccc1n2-c1ncnc(-c2ccc3c4ccccc4c4ccccc4c3c2)n1. The summed E-state index contributed by atoms with van der Waals surface area (Å²) in [5, 5.41) is 12.2. The molecule has 0 saturated carbocycles. The highest BCUT2D eigenvalue weighted by Gasteiger charge is 2.21. The lowest BCUT2D eigenvalue weighted by atomic mass is 9.86. The Balaban J connectivity index is 1.03. The maximum Gasteiger partial charge on any atom is 0.238 e. The van der Waals surface area contributed by atoms with Gasteiger partial charge in [0.15, 0.2) is 5.82 Å². The number of aromatic nitrogens is 5. The number of benzene rings is 9. The maximum absolute atomic E-state index is 5.22. The van der Waals surface area contributed by atoms with Crippen LogP contribution >= 0.6 is 0 Å². The number of para-hydroxylation sites is 2. The molecule has 3 aromatic heterocycles. The molecule has 0 fully saturated rings. The third-order valence-electron chi connectivity index (χ3n) is 12.4. The molecular weight excluding hydrogens is 731 g/mol. The van der Waals surface area contributed by atoms with E-state index >= 15 is 0 Å². The van der Waals surface area contributed by atoms with E-state index in [0.29, 0.717) is 11.8 Å². The van der Waals surface area contributed by atoms with Gasteiger partial charge in [0.25, 0.3) is 0 Å². The van der Waals surface area contributed by atoms with Crippen LogP contribution in [0.25, 0.3) is 110 Å². The standard InChI is InChI=1S/C55H39N5/c1-55(2,3)37-24-28-52-48(32-37)47-30-35(34-22-26-50-46(29-34)44-19-11-12-20-49(44)59(50)38-13-5-4-6-14-38)23-27-51(47)60(52)54-57-33-56-53(58-54)36-21-25-43-41-17-8-7-15-39(41)40-16-9-10-18-42(40)45(43)31-36/h4-33H,1-3H3. The fourth-order valence-corrected chi connectivity index (χ4v) is 9.47. The van der Waals surface area contributed by atoms with Gasteiger partial charge in [-0.15, -0.1) is 0 Å². The van der Waals surface area contributed by atoms with E-state index < -0.39 is 0 Å². The Morgan fingerprint density at radius 2 is 0.850 bits per heavy atom. The van der Waals surface area contributed by atoms with Crippen molar-refractivity contribution in [1.29, 1.82) is 0 Å². The first-order valence-electron chi connectivity index (χ1n) is 20.6. The minimum absolute atomic E-state index is 0.0237. The van der Waals surface area contributed by atoms with E-state index in [4.69, 9.17) is 15.0 Å². The predicted octanol–water partition coefficient (Wildman–Crippen LogP) is 14.2. The van der Waals surface area contributed by atoms with Crippen LogP contribution in [0.5, 0.6) is 0 Å². The van der Waals surface area contributed by atoms with Gasteiger partial charge in [0.2, 0.25) is 5.95 Å². The Kier molecular flexibility index (Phi) is 7.42. The Morgan fingerprint density at radius 3 is 1.52 bits per heavy atom. The molecule has 0 unspecified atom stereocenters. The second-order valence-corrected chi connectivity index (χ2v) is 16.9. The van der Waals surface area contributed by atoms with E-state index in [1.807, 2.05) is 0 Å². The van der Waals surface area contributed by atoms with Crippen molar-refractivity contribution in [3.8, 4) is 34.2 Å². The summed E-state index contributed by atoms with van der Waals surface area (Å²) in [6, 6.07) is 63.8. The number of rotatable bonds is 4. The van der Waals surface area contributed by atoms with Crippen LogP contribution in [0, 0.1) is 0 Å². The summed E-state index contributed by atoms with van der Waals surface area (Å²) in [4.78, 5) is 14.8. The molecule has 0 spiro atoms. The molecule has 5 nitrogen and oxygen atoms in total. The molecule has 0 aliphatic rings. The second-order valence-electron chi connectivity index (χ2n) is 16.9. The van der Waals surface area contributed by atoms with Crippen LogP contribution in [0.2, 0.25) is 0 Å². The molecular formula is C55H39N5. The summed E-state index contributed by atoms with van der Waals surface area (Å²) in [6.45, 7) is 6.81. The van der Waals surface area contributed by atoms with Crippen LogP contribution in [0.1, 0.15) is 26.3 Å². The Hall–Kier alpha value is -7.63. The van der Waals surface area contributed by atoms with Gasteiger partial charge < -0.3 is 4.57 Å². The van der Waals surface area contributed by atoms with Crippen LogP contribution < -0.4 is 0 Å². The third kappa shape index (κ3) is 5.22. The van der Waals surface area contributed by atoms with Crippen LogP contribution in [-0.2, 0) is 5.41 Å². The molecule has 0 aliphatic carbocycles. The van der Waals surface area contributed by atoms with Crippen LogP contribution in [0.15, 0.2) is 182 Å². The Bertz CT molecular complexity index is 3660. The van der Waals surface area contributed by atoms with E-state index in [9.17, 15) is 0 Å². The molecule has 9 aromatic carbocycles. The van der Waals surface area contributed by atoms with Crippen molar-refractivity contribution in [3.05, 3.63) is 188 Å². The van der Waals surface area contributed by atoms with Crippen molar-refractivity contribution in [1.82, 2.24) is 24.1 Å². The third-order valence-corrected chi connectivity index (χ3v) is 12.4. The molecule has 0 radical (unpaired) electrons. The van der Waals surface area contributed by atoms with Gasteiger partial charge in [0.1, 0.15) is 6.33 Å². The highest BCUT2D eigenvalue weighted by atomic mass is 15.2. The molecule has 0 atom stereocenters. The zero-order valence-corrected chi connectivity index (χ0v) is 33.6. The van der Waals surface area contributed by atoms with Gasteiger partial charge in [-0.2, -0.15) is 4.98 Å². The number of nitrogens with zero attached hydrogens (tertiary/aromatic N) is 5. The first-order chi connectivity index (χ1) is 29.4. The van der Waals surface area contributed by atoms with E-state index in [1.165, 1.54) is 70.6 Å². The van der Waals surface area contributed by atoms with Gasteiger partial charge in [-0.25, -0.2) is 9.97 Å². The Morgan fingerprint density at radius 1 is 0.367 bits per heavy atom. The minimum atomic E-state index is -0.0237. The molecule has 0 N–H and O–H groups in total. The van der Waals surface area contributed by atoms with E-state index in [2.05, 4.69) is 206 Å². The van der Waals surface area contributed by atoms with Gasteiger partial charge in [-0.05, 0) is 115 Å². The van der Waals surface area contributed by atoms with Crippen LogP contribution in [-0.4, -0.2) is 24.1 Å². The molecule has 12 aromatic rings. The van der Waals surface area contributed by atoms with E-state index in [1.54, 1.807) is 6.33 Å². The summed E-state index contributed by atoms with van der Waals surface area (Å²) in [7, 11) is 0. The quantitative estimate of drug-likeness (QED) is 0.168. The molecule has 0 aliphatic heterocycles. The van der Waals surface area contributed by atoms with Crippen LogP contribution in [0.3, 0.4) is 0 Å². The van der Waals surface area contributed by atoms with Crippen molar-refractivity contribution < 1.29 is 0 Å². The average Bonchev–Trinajstić information content (AvgIpc) is 3.81. The lowest BCUT2D eigenvalue weighted by Gasteiger charge is -2.19. The van der Waals surface area contributed by atoms with Crippen molar-refractivity contribution in [3.63, 3.8) is 0 Å². The van der Waals surface area contributed by atoms with Crippen LogP contribution in [0.4, 0.5) is 0 Å². The zero-order chi connectivity index (χ0) is 40.1. The van der Waals surface area contributed by atoms with E-state index in [-0.39, 0.29) is 5.41 Å². The minimum Gasteiger partial charge on any atom is -0.309 e. The summed E-state index contributed by atoms with van der Waals surface area (Å²) in [5.74, 6) is 1.23. The highest BCUT2D eigenvalue weighted by molar-refractivity contribution is 6.25. The first-order valence-corrected chi connectivity index (χ1v) is 20.6. The lowest BCUT2D eigenvalue weighted by Crippen LogP contribution is -2.10. The van der Waals surface area contributed by atoms with E-state index in [0.717, 1.165) is 33.2 Å². The predicted molar refractivity (Wildman–Crippen MR) is 251 cm³/mol. The molecule has 0 bridgehead atoms. The van der Waals surface area contributed by atoms with Gasteiger partial charge >= 0.3 is 0 Å².